The van der Waals surface area contributed by atoms with Gasteiger partial charge in [0.05, 0.1) is 37.7 Å². The minimum Gasteiger partial charge on any atom is -0.491 e. The van der Waals surface area contributed by atoms with Crippen molar-refractivity contribution < 1.29 is 35.8 Å². The zero-order chi connectivity index (χ0) is 28.7. The molecule has 0 radical (unpaired) electrons. The Balaban J connectivity index is 1.72. The second-order valence-corrected chi connectivity index (χ2v) is 8.31. The lowest BCUT2D eigenvalue weighted by Crippen LogP contribution is -2.10. The summed E-state index contributed by atoms with van der Waals surface area (Å²) in [5, 5.41) is 10.9. The first-order valence-electron chi connectivity index (χ1n) is 11.3. The highest BCUT2D eigenvalue weighted by Crippen LogP contribution is 2.38. The van der Waals surface area contributed by atoms with Gasteiger partial charge in [-0.15, -0.1) is 0 Å². The Labute approximate surface area is 221 Å². The third-order valence-corrected chi connectivity index (χ3v) is 5.51. The summed E-state index contributed by atoms with van der Waals surface area (Å²) in [7, 11) is 2.59. The van der Waals surface area contributed by atoms with Gasteiger partial charge in [0.15, 0.2) is 23.1 Å². The number of nitrogens with one attached hydrogen (secondary N) is 4. The quantitative estimate of drug-likeness (QED) is 0.175. The average molecular weight is 564 g/mol. The van der Waals surface area contributed by atoms with Crippen LogP contribution in [-0.2, 0) is 12.4 Å². The van der Waals surface area contributed by atoms with E-state index in [4.69, 9.17) is 9.47 Å². The van der Waals surface area contributed by atoms with Gasteiger partial charge in [0, 0.05) is 22.7 Å². The van der Waals surface area contributed by atoms with Crippen molar-refractivity contribution in [3.05, 3.63) is 59.9 Å². The van der Waals surface area contributed by atoms with Gasteiger partial charge in [-0.2, -0.15) is 36.3 Å². The van der Waals surface area contributed by atoms with Crippen LogP contribution >= 0.6 is 0 Å². The molecule has 0 unspecified atom stereocenters. The van der Waals surface area contributed by atoms with E-state index in [9.17, 15) is 26.3 Å². The van der Waals surface area contributed by atoms with Crippen molar-refractivity contribution in [3.8, 4) is 11.5 Å². The molecule has 5 rings (SSSR count). The van der Waals surface area contributed by atoms with E-state index in [0.29, 0.717) is 0 Å². The van der Waals surface area contributed by atoms with Gasteiger partial charge in [0.1, 0.15) is 0 Å². The molecule has 1 aliphatic rings. The number of methoxy groups -OCH3 is 2. The Hall–Kier alpha value is -5.02. The topological polar surface area (TPSA) is 118 Å². The number of alkyl halides is 6. The van der Waals surface area contributed by atoms with Crippen LogP contribution in [0.5, 0.6) is 11.5 Å². The number of ether oxygens (including phenoxy) is 2. The van der Waals surface area contributed by atoms with E-state index in [0.717, 1.165) is 24.3 Å². The second kappa shape index (κ2) is 9.94. The van der Waals surface area contributed by atoms with Gasteiger partial charge in [0.2, 0.25) is 11.9 Å². The van der Waals surface area contributed by atoms with Crippen molar-refractivity contribution >= 4 is 46.3 Å². The van der Waals surface area contributed by atoms with Crippen LogP contribution in [0.4, 0.5) is 72.6 Å². The fraction of sp³-hybridized carbons (Fsp3) is 0.167. The zero-order valence-electron chi connectivity index (χ0n) is 20.5. The minimum absolute atomic E-state index is 0.0411. The summed E-state index contributed by atoms with van der Waals surface area (Å²) in [6.07, 6.45) is -6.98. The molecule has 0 fully saturated rings. The van der Waals surface area contributed by atoms with E-state index in [2.05, 4.69) is 41.2 Å². The molecular weight excluding hydrogens is 546 g/mol. The molecule has 16 heteroatoms. The largest absolute Gasteiger partial charge is 0.491 e. The number of benzene rings is 2. The fourth-order valence-electron chi connectivity index (χ4n) is 3.74. The molecular formula is C24H18F6N8O2. The lowest BCUT2D eigenvalue weighted by molar-refractivity contribution is -0.138. The predicted octanol–water partition coefficient (Wildman–Crippen LogP) is 6.61. The lowest BCUT2D eigenvalue weighted by atomic mass is 10.1. The summed E-state index contributed by atoms with van der Waals surface area (Å²) >= 11 is 0. The molecule has 0 spiro atoms. The van der Waals surface area contributed by atoms with Gasteiger partial charge in [-0.1, -0.05) is 0 Å². The molecule has 1 aliphatic heterocycles. The highest BCUT2D eigenvalue weighted by molar-refractivity contribution is 5.73. The molecule has 0 amide bonds. The smallest absolute Gasteiger partial charge is 0.416 e. The van der Waals surface area contributed by atoms with Gasteiger partial charge in [-0.25, -0.2) is 9.97 Å². The van der Waals surface area contributed by atoms with Crippen LogP contribution in [0.15, 0.2) is 48.8 Å². The summed E-state index contributed by atoms with van der Waals surface area (Å²) in [5.74, 6) is -0.293. The first-order valence-corrected chi connectivity index (χ1v) is 11.3. The van der Waals surface area contributed by atoms with E-state index in [1.54, 1.807) is 0 Å². The number of nitrogens with zero attached hydrogens (tertiary/aromatic N) is 4. The number of fused-ring (bicyclic) bond motifs is 8. The summed E-state index contributed by atoms with van der Waals surface area (Å²) in [4.78, 5) is 16.5. The first-order chi connectivity index (χ1) is 18.9. The van der Waals surface area contributed by atoms with Crippen molar-refractivity contribution in [2.45, 2.75) is 12.4 Å². The monoisotopic (exact) mass is 564 g/mol. The second-order valence-electron chi connectivity index (χ2n) is 8.31. The van der Waals surface area contributed by atoms with E-state index < -0.39 is 23.5 Å². The van der Waals surface area contributed by atoms with Crippen LogP contribution < -0.4 is 30.7 Å². The number of rotatable bonds is 2. The maximum absolute atomic E-state index is 13.7. The lowest BCUT2D eigenvalue weighted by Gasteiger charge is -2.18. The summed E-state index contributed by atoms with van der Waals surface area (Å²) in [6, 6.07) is 6.10. The Bertz CT molecular complexity index is 1460. The molecule has 2 aromatic carbocycles. The SMILES string of the molecule is COc1cnc2nc1Nc1cc(cc(C(F)(F)F)c1)Nc1ncc(OC)c(n1)Nc1cc(cc(C(F)(F)F)c1)N2. The van der Waals surface area contributed by atoms with Crippen molar-refractivity contribution in [2.75, 3.05) is 35.5 Å². The highest BCUT2D eigenvalue weighted by atomic mass is 19.4. The first kappa shape index (κ1) is 26.6. The number of aromatic nitrogens is 4. The van der Waals surface area contributed by atoms with Crippen LogP contribution in [0.1, 0.15) is 11.1 Å². The van der Waals surface area contributed by atoms with Crippen molar-refractivity contribution in [3.63, 3.8) is 0 Å². The normalized spacial score (nSPS) is 12.8. The number of hydrogen-bond acceptors (Lipinski definition) is 10. The third-order valence-electron chi connectivity index (χ3n) is 5.51. The zero-order valence-corrected chi connectivity index (χ0v) is 20.5. The maximum atomic E-state index is 13.7. The van der Waals surface area contributed by atoms with Crippen LogP contribution in [-0.4, -0.2) is 34.2 Å². The van der Waals surface area contributed by atoms with Crippen LogP contribution in [0.2, 0.25) is 0 Å². The molecule has 0 aliphatic carbocycles. The molecule has 0 saturated carbocycles. The standard InChI is InChI=1S/C24H18F6N8O2/c1-39-17-9-31-21-35-16-6-12(24(28,29)30)4-14(8-16)34-20-18(40-2)10-32-22(38-20)36-15-5-11(23(25,26)27)3-13(7-15)33-19(17)37-21/h3-10H,1-2H3,(H2,31,33,35,37)(H2,32,34,36,38). The molecule has 3 heterocycles. The minimum atomic E-state index is -4.70. The molecule has 8 bridgehead atoms. The summed E-state index contributed by atoms with van der Waals surface area (Å²) < 4.78 is 92.8. The number of halogens is 6. The fourth-order valence-corrected chi connectivity index (χ4v) is 3.74. The maximum Gasteiger partial charge on any atom is 0.416 e. The van der Waals surface area contributed by atoms with Crippen LogP contribution in [0.25, 0.3) is 0 Å². The third kappa shape index (κ3) is 5.69. The van der Waals surface area contributed by atoms with Crippen molar-refractivity contribution in [1.29, 1.82) is 0 Å². The number of anilines is 8. The molecule has 0 saturated heterocycles. The molecule has 4 aromatic rings. The molecule has 10 nitrogen and oxygen atoms in total. The Morgan fingerprint density at radius 1 is 0.550 bits per heavy atom. The van der Waals surface area contributed by atoms with Crippen molar-refractivity contribution in [2.24, 2.45) is 0 Å². The predicted molar refractivity (Wildman–Crippen MR) is 133 cm³/mol. The Morgan fingerprint density at radius 3 is 1.23 bits per heavy atom. The van der Waals surface area contributed by atoms with Crippen molar-refractivity contribution in [1.82, 2.24) is 19.9 Å². The molecule has 4 N–H and O–H groups in total. The van der Waals surface area contributed by atoms with Gasteiger partial charge >= 0.3 is 12.4 Å². The van der Waals surface area contributed by atoms with Gasteiger partial charge in [-0.3, -0.25) is 0 Å². The number of hydrogen-bond donors (Lipinski definition) is 4. The van der Waals surface area contributed by atoms with E-state index in [1.807, 2.05) is 0 Å². The van der Waals surface area contributed by atoms with Gasteiger partial charge in [0.25, 0.3) is 0 Å². The van der Waals surface area contributed by atoms with E-state index in [-0.39, 0.29) is 57.8 Å². The Morgan fingerprint density at radius 2 is 0.900 bits per heavy atom. The average Bonchev–Trinajstić information content (AvgIpc) is 2.87. The van der Waals surface area contributed by atoms with E-state index >= 15 is 0 Å². The van der Waals surface area contributed by atoms with Crippen LogP contribution in [0.3, 0.4) is 0 Å². The highest BCUT2D eigenvalue weighted by Gasteiger charge is 2.33. The van der Waals surface area contributed by atoms with Crippen LogP contribution in [0, 0.1) is 0 Å². The molecule has 40 heavy (non-hydrogen) atoms. The van der Waals surface area contributed by atoms with Gasteiger partial charge < -0.3 is 30.7 Å². The summed E-state index contributed by atoms with van der Waals surface area (Å²) in [6.45, 7) is 0. The molecule has 0 atom stereocenters. The molecule has 2 aromatic heterocycles. The van der Waals surface area contributed by atoms with E-state index in [1.165, 1.54) is 38.7 Å². The summed E-state index contributed by atoms with van der Waals surface area (Å²) in [5.41, 5.74) is -2.16. The van der Waals surface area contributed by atoms with Gasteiger partial charge in [-0.05, 0) is 36.4 Å². The Kier molecular flexibility index (Phi) is 6.60. The molecule has 208 valence electrons.